The van der Waals surface area contributed by atoms with Crippen LogP contribution in [-0.4, -0.2) is 14.4 Å². The summed E-state index contributed by atoms with van der Waals surface area (Å²) in [5.41, 5.74) is -0.506. The molecule has 0 aliphatic carbocycles. The number of sulfone groups is 1. The zero-order chi connectivity index (χ0) is 23.5. The predicted molar refractivity (Wildman–Crippen MR) is 113 cm³/mol. The summed E-state index contributed by atoms with van der Waals surface area (Å²) in [6.45, 7) is 1.56. The third kappa shape index (κ3) is 5.64. The lowest BCUT2D eigenvalue weighted by Crippen LogP contribution is -2.20. The Morgan fingerprint density at radius 2 is 1.56 bits per heavy atom. The van der Waals surface area contributed by atoms with E-state index in [2.05, 4.69) is 10.6 Å². The highest BCUT2D eigenvalue weighted by Gasteiger charge is 2.30. The van der Waals surface area contributed by atoms with Crippen LogP contribution in [0.3, 0.4) is 0 Å². The molecule has 0 atom stereocenters. The fourth-order valence-corrected chi connectivity index (χ4v) is 4.64. The largest absolute Gasteiger partial charge is 0.416 e. The van der Waals surface area contributed by atoms with Gasteiger partial charge in [0.15, 0.2) is 9.84 Å². The predicted octanol–water partition coefficient (Wildman–Crippen LogP) is 5.77. The molecule has 0 radical (unpaired) electrons. The number of hydrogen-bond acceptors (Lipinski definition) is 3. The van der Waals surface area contributed by atoms with Crippen LogP contribution in [0.1, 0.15) is 16.7 Å². The van der Waals surface area contributed by atoms with E-state index in [1.165, 1.54) is 42.5 Å². The number of urea groups is 1. The number of carbonyl (C=O) groups is 1. The summed E-state index contributed by atoms with van der Waals surface area (Å²) in [6.07, 6.45) is -4.56. The number of halogens is 4. The Kier molecular flexibility index (Phi) is 6.54. The number of rotatable bonds is 5. The summed E-state index contributed by atoms with van der Waals surface area (Å²) < 4.78 is 78.0. The molecular weight excluding hydrogens is 448 g/mol. The molecule has 2 amide bonds. The molecule has 0 bridgehead atoms. The highest BCUT2D eigenvalue weighted by Crippen LogP contribution is 2.31. The van der Waals surface area contributed by atoms with Gasteiger partial charge >= 0.3 is 12.2 Å². The quantitative estimate of drug-likeness (QED) is 0.469. The molecule has 0 unspecified atom stereocenters. The van der Waals surface area contributed by atoms with E-state index in [-0.39, 0.29) is 21.8 Å². The van der Waals surface area contributed by atoms with Gasteiger partial charge in [0, 0.05) is 16.9 Å². The van der Waals surface area contributed by atoms with Crippen LogP contribution in [0.25, 0.3) is 0 Å². The van der Waals surface area contributed by atoms with Gasteiger partial charge in [-0.25, -0.2) is 17.6 Å². The molecule has 3 rings (SSSR count). The van der Waals surface area contributed by atoms with Crippen LogP contribution < -0.4 is 10.6 Å². The van der Waals surface area contributed by atoms with Crippen LogP contribution in [0.2, 0.25) is 0 Å². The summed E-state index contributed by atoms with van der Waals surface area (Å²) in [7, 11) is -3.94. The van der Waals surface area contributed by atoms with E-state index in [4.69, 9.17) is 0 Å². The molecule has 0 aliphatic rings. The zero-order valence-electron chi connectivity index (χ0n) is 16.7. The maximum absolute atomic E-state index is 13.9. The van der Waals surface area contributed by atoms with Gasteiger partial charge in [0.1, 0.15) is 5.82 Å². The molecule has 0 aromatic heterocycles. The first-order valence-corrected chi connectivity index (χ1v) is 10.9. The normalized spacial score (nSPS) is 11.8. The van der Waals surface area contributed by atoms with Crippen molar-refractivity contribution in [3.63, 3.8) is 0 Å². The Bertz CT molecular complexity index is 1260. The van der Waals surface area contributed by atoms with Gasteiger partial charge in [-0.1, -0.05) is 30.3 Å². The summed E-state index contributed by atoms with van der Waals surface area (Å²) in [4.78, 5) is 12.1. The van der Waals surface area contributed by atoms with Crippen molar-refractivity contribution < 1.29 is 30.8 Å². The molecule has 3 aromatic rings. The SMILES string of the molecule is Cc1ccc(NC(=O)Nc2cccc(C(F)(F)F)c2)cc1S(=O)(=O)Cc1ccccc1F. The Hall–Kier alpha value is -3.40. The lowest BCUT2D eigenvalue weighted by molar-refractivity contribution is -0.137. The van der Waals surface area contributed by atoms with E-state index in [0.29, 0.717) is 5.56 Å². The highest BCUT2D eigenvalue weighted by molar-refractivity contribution is 7.90. The third-order valence-electron chi connectivity index (χ3n) is 4.53. The molecule has 168 valence electrons. The molecule has 0 spiro atoms. The van der Waals surface area contributed by atoms with Crippen molar-refractivity contribution >= 4 is 27.2 Å². The fraction of sp³-hybridized carbons (Fsp3) is 0.136. The van der Waals surface area contributed by atoms with Crippen LogP contribution in [-0.2, 0) is 21.8 Å². The second kappa shape index (κ2) is 8.99. The van der Waals surface area contributed by atoms with Gasteiger partial charge in [0.25, 0.3) is 0 Å². The highest BCUT2D eigenvalue weighted by atomic mass is 32.2. The number of alkyl halides is 3. The second-order valence-corrected chi connectivity index (χ2v) is 8.95. The first-order chi connectivity index (χ1) is 15.0. The number of amides is 2. The number of hydrogen-bond donors (Lipinski definition) is 2. The summed E-state index contributed by atoms with van der Waals surface area (Å²) in [6, 6.07) is 12.9. The van der Waals surface area contributed by atoms with Crippen molar-refractivity contribution in [3.8, 4) is 0 Å². The maximum Gasteiger partial charge on any atom is 0.416 e. The van der Waals surface area contributed by atoms with Gasteiger partial charge in [-0.3, -0.25) is 0 Å². The average molecular weight is 466 g/mol. The van der Waals surface area contributed by atoms with Crippen LogP contribution in [0.5, 0.6) is 0 Å². The smallest absolute Gasteiger partial charge is 0.308 e. The average Bonchev–Trinajstić information content (AvgIpc) is 2.70. The van der Waals surface area contributed by atoms with Crippen LogP contribution in [0.15, 0.2) is 71.6 Å². The van der Waals surface area contributed by atoms with E-state index < -0.39 is 39.2 Å². The second-order valence-electron chi connectivity index (χ2n) is 6.99. The van der Waals surface area contributed by atoms with Crippen LogP contribution in [0, 0.1) is 12.7 Å². The number of benzene rings is 3. The van der Waals surface area contributed by atoms with Crippen molar-refractivity contribution in [2.75, 3.05) is 10.6 Å². The summed E-state index contributed by atoms with van der Waals surface area (Å²) in [5.74, 6) is -1.22. The van der Waals surface area contributed by atoms with E-state index in [9.17, 15) is 30.8 Å². The zero-order valence-corrected chi connectivity index (χ0v) is 17.5. The summed E-state index contributed by atoms with van der Waals surface area (Å²) in [5, 5.41) is 4.67. The van der Waals surface area contributed by atoms with Crippen LogP contribution in [0.4, 0.5) is 33.7 Å². The summed E-state index contributed by atoms with van der Waals surface area (Å²) >= 11 is 0. The van der Waals surface area contributed by atoms with E-state index >= 15 is 0 Å². The first kappa shape index (κ1) is 23.3. The minimum absolute atomic E-state index is 0.00699. The monoisotopic (exact) mass is 466 g/mol. The minimum Gasteiger partial charge on any atom is -0.308 e. The van der Waals surface area contributed by atoms with Gasteiger partial charge in [-0.05, 0) is 48.9 Å². The maximum atomic E-state index is 13.9. The van der Waals surface area contributed by atoms with Crippen LogP contribution >= 0.6 is 0 Å². The molecular formula is C22H18F4N2O3S. The standard InChI is InChI=1S/C22H18F4N2O3S/c1-14-9-10-18(12-20(14)32(30,31)13-15-5-2-3-8-19(15)23)28-21(29)27-17-7-4-6-16(11-17)22(24,25)26/h2-12H,13H2,1H3,(H2,27,28,29). The Morgan fingerprint density at radius 3 is 2.22 bits per heavy atom. The third-order valence-corrected chi connectivity index (χ3v) is 6.33. The Labute approximate surface area is 182 Å². The van der Waals surface area contributed by atoms with Gasteiger partial charge in [-0.15, -0.1) is 0 Å². The first-order valence-electron chi connectivity index (χ1n) is 9.28. The number of nitrogens with one attached hydrogen (secondary N) is 2. The Balaban J connectivity index is 1.78. The minimum atomic E-state index is -4.56. The lowest BCUT2D eigenvalue weighted by atomic mass is 10.2. The van der Waals surface area contributed by atoms with E-state index in [0.717, 1.165) is 24.3 Å². The molecule has 0 saturated heterocycles. The Morgan fingerprint density at radius 1 is 0.906 bits per heavy atom. The van der Waals surface area contributed by atoms with Gasteiger partial charge < -0.3 is 10.6 Å². The molecule has 32 heavy (non-hydrogen) atoms. The topological polar surface area (TPSA) is 75.3 Å². The number of aryl methyl sites for hydroxylation is 1. The molecule has 2 N–H and O–H groups in total. The van der Waals surface area contributed by atoms with Crippen molar-refractivity contribution in [1.29, 1.82) is 0 Å². The van der Waals surface area contributed by atoms with E-state index in [1.807, 2.05) is 0 Å². The van der Waals surface area contributed by atoms with Crippen molar-refractivity contribution in [2.24, 2.45) is 0 Å². The number of carbonyl (C=O) groups excluding carboxylic acids is 1. The molecule has 10 heteroatoms. The fourth-order valence-electron chi connectivity index (χ4n) is 2.98. The molecule has 0 fully saturated rings. The van der Waals surface area contributed by atoms with Crippen molar-refractivity contribution in [3.05, 3.63) is 89.2 Å². The van der Waals surface area contributed by atoms with Crippen molar-refractivity contribution in [1.82, 2.24) is 0 Å². The molecule has 5 nitrogen and oxygen atoms in total. The molecule has 3 aromatic carbocycles. The number of anilines is 2. The molecule has 0 heterocycles. The van der Waals surface area contributed by atoms with Gasteiger partial charge in [0.05, 0.1) is 16.2 Å². The molecule has 0 saturated carbocycles. The molecule has 0 aliphatic heterocycles. The van der Waals surface area contributed by atoms with Gasteiger partial charge in [-0.2, -0.15) is 13.2 Å². The van der Waals surface area contributed by atoms with E-state index in [1.54, 1.807) is 6.92 Å². The lowest BCUT2D eigenvalue weighted by Gasteiger charge is -2.13. The van der Waals surface area contributed by atoms with Crippen molar-refractivity contribution in [2.45, 2.75) is 23.7 Å². The van der Waals surface area contributed by atoms with Gasteiger partial charge in [0.2, 0.25) is 0 Å².